The lowest BCUT2D eigenvalue weighted by Crippen LogP contribution is -1.98. The number of rotatable bonds is 4. The number of fused-ring (bicyclic) bond motifs is 6. The van der Waals surface area contributed by atoms with Gasteiger partial charge in [0.1, 0.15) is 0 Å². The van der Waals surface area contributed by atoms with Gasteiger partial charge < -0.3 is 9.13 Å². The normalized spacial score (nSPS) is 11.1. The summed E-state index contributed by atoms with van der Waals surface area (Å²) < 4.78 is 4.46. The number of hydrogen-bond donors (Lipinski definition) is 0. The highest BCUT2D eigenvalue weighted by Gasteiger charge is 2.18. The van der Waals surface area contributed by atoms with Crippen molar-refractivity contribution >= 4 is 43.6 Å². The number of aromatic nitrogens is 2. The molecule has 5 nitrogen and oxygen atoms in total. The fourth-order valence-electron chi connectivity index (χ4n) is 7.32. The molecule has 0 N–H and O–H groups in total. The zero-order chi connectivity index (χ0) is 33.8. The van der Waals surface area contributed by atoms with Crippen LogP contribution in [0.3, 0.4) is 0 Å². The Bertz CT molecular complexity index is 2830. The minimum Gasteiger partial charge on any atom is -0.309 e. The molecule has 0 amide bonds. The monoisotopic (exact) mass is 635 g/mol. The molecular weight excluding hydrogens is 611 g/mol. The van der Waals surface area contributed by atoms with Crippen molar-refractivity contribution in [2.45, 2.75) is 0 Å². The van der Waals surface area contributed by atoms with Crippen molar-refractivity contribution < 1.29 is 0 Å². The molecule has 9 rings (SSSR count). The summed E-state index contributed by atoms with van der Waals surface area (Å²) in [7, 11) is 0. The summed E-state index contributed by atoms with van der Waals surface area (Å²) >= 11 is 0. The van der Waals surface area contributed by atoms with Crippen molar-refractivity contribution in [1.82, 2.24) is 9.13 Å². The van der Waals surface area contributed by atoms with E-state index in [0.29, 0.717) is 16.7 Å². The first kappa shape index (κ1) is 28.8. The van der Waals surface area contributed by atoms with Crippen molar-refractivity contribution in [3.63, 3.8) is 0 Å². The minimum atomic E-state index is 0.541. The average molecular weight is 636 g/mol. The van der Waals surface area contributed by atoms with Crippen LogP contribution in [-0.4, -0.2) is 9.13 Å². The van der Waals surface area contributed by atoms with Crippen LogP contribution in [0.25, 0.3) is 77.2 Å². The standard InChI is InChI=1S/C45H25N5/c46-26-29-13-20-43-39(22-29)40-23-30(27-47)14-21-44(40)50(43)45-24-31(28-48)12-19-36(45)33-17-15-32(16-18-33)34-6-5-7-35(25-34)49-41-10-3-1-8-37(41)38-9-2-4-11-42(38)49/h1-25H. The fraction of sp³-hybridized carbons (Fsp3) is 0. The van der Waals surface area contributed by atoms with Crippen LogP contribution >= 0.6 is 0 Å². The maximum absolute atomic E-state index is 9.92. The number of nitrogens with zero attached hydrogens (tertiary/aromatic N) is 5. The van der Waals surface area contributed by atoms with Gasteiger partial charge in [-0.2, -0.15) is 15.8 Å². The molecule has 0 aliphatic rings. The summed E-state index contributed by atoms with van der Waals surface area (Å²) in [6.07, 6.45) is 0. The van der Waals surface area contributed by atoms with Gasteiger partial charge in [-0.1, -0.05) is 78.9 Å². The van der Waals surface area contributed by atoms with Gasteiger partial charge in [0.15, 0.2) is 0 Å². The summed E-state index contributed by atoms with van der Waals surface area (Å²) in [5.41, 5.74) is 11.9. The Morgan fingerprint density at radius 3 is 1.48 bits per heavy atom. The van der Waals surface area contributed by atoms with Crippen LogP contribution in [0.1, 0.15) is 16.7 Å². The maximum atomic E-state index is 9.92. The molecule has 2 heterocycles. The van der Waals surface area contributed by atoms with Crippen LogP contribution in [0.15, 0.2) is 152 Å². The molecule has 0 aliphatic heterocycles. The van der Waals surface area contributed by atoms with Gasteiger partial charge >= 0.3 is 0 Å². The molecular formula is C45H25N5. The molecule has 0 atom stereocenters. The molecule has 0 fully saturated rings. The first-order valence-electron chi connectivity index (χ1n) is 16.3. The van der Waals surface area contributed by atoms with E-state index in [0.717, 1.165) is 55.4 Å². The van der Waals surface area contributed by atoms with Crippen LogP contribution in [0.5, 0.6) is 0 Å². The van der Waals surface area contributed by atoms with E-state index in [1.54, 1.807) is 12.1 Å². The summed E-state index contributed by atoms with van der Waals surface area (Å²) in [6, 6.07) is 58.0. The van der Waals surface area contributed by atoms with Crippen LogP contribution in [-0.2, 0) is 0 Å². The zero-order valence-electron chi connectivity index (χ0n) is 26.7. The highest BCUT2D eigenvalue weighted by Crippen LogP contribution is 2.39. The molecule has 50 heavy (non-hydrogen) atoms. The maximum Gasteiger partial charge on any atom is 0.0992 e. The predicted octanol–water partition coefficient (Wildman–Crippen LogP) is 10.8. The third-order valence-corrected chi connectivity index (χ3v) is 9.60. The van der Waals surface area contributed by atoms with Gasteiger partial charge in [-0.25, -0.2) is 0 Å². The fourth-order valence-corrected chi connectivity index (χ4v) is 7.32. The molecule has 0 bridgehead atoms. The molecule has 0 radical (unpaired) electrons. The molecule has 0 saturated carbocycles. The second-order valence-corrected chi connectivity index (χ2v) is 12.4. The van der Waals surface area contributed by atoms with Gasteiger partial charge in [-0.15, -0.1) is 0 Å². The van der Waals surface area contributed by atoms with E-state index >= 15 is 0 Å². The SMILES string of the molecule is N#Cc1ccc(-c2ccc(-c3cccc(-n4c5ccccc5c5ccccc54)c3)cc2)c(-n2c3ccc(C#N)cc3c3cc(C#N)ccc32)c1. The second kappa shape index (κ2) is 11.4. The highest BCUT2D eigenvalue weighted by molar-refractivity contribution is 6.11. The summed E-state index contributed by atoms with van der Waals surface area (Å²) in [5, 5.41) is 33.5. The van der Waals surface area contributed by atoms with E-state index < -0.39 is 0 Å². The lowest BCUT2D eigenvalue weighted by atomic mass is 9.97. The Kier molecular flexibility index (Phi) is 6.56. The first-order valence-corrected chi connectivity index (χ1v) is 16.3. The molecule has 230 valence electrons. The van der Waals surface area contributed by atoms with E-state index in [1.807, 2.05) is 42.5 Å². The molecule has 0 spiro atoms. The van der Waals surface area contributed by atoms with Gasteiger partial charge in [0.25, 0.3) is 0 Å². The Morgan fingerprint density at radius 1 is 0.360 bits per heavy atom. The Morgan fingerprint density at radius 2 is 0.880 bits per heavy atom. The lowest BCUT2D eigenvalue weighted by Gasteiger charge is -2.15. The molecule has 0 saturated heterocycles. The molecule has 0 aliphatic carbocycles. The van der Waals surface area contributed by atoms with Gasteiger partial charge in [-0.3, -0.25) is 0 Å². The van der Waals surface area contributed by atoms with E-state index in [1.165, 1.54) is 21.8 Å². The Hall–Kier alpha value is -7.39. The van der Waals surface area contributed by atoms with Crippen LogP contribution in [0.4, 0.5) is 0 Å². The first-order chi connectivity index (χ1) is 24.6. The van der Waals surface area contributed by atoms with Crippen molar-refractivity contribution in [2.75, 3.05) is 0 Å². The highest BCUT2D eigenvalue weighted by atomic mass is 15.0. The van der Waals surface area contributed by atoms with E-state index in [9.17, 15) is 15.8 Å². The van der Waals surface area contributed by atoms with Gasteiger partial charge in [0.05, 0.1) is 62.7 Å². The van der Waals surface area contributed by atoms with Crippen LogP contribution in [0.2, 0.25) is 0 Å². The van der Waals surface area contributed by atoms with Crippen LogP contribution in [0, 0.1) is 34.0 Å². The zero-order valence-corrected chi connectivity index (χ0v) is 26.7. The summed E-state index contributed by atoms with van der Waals surface area (Å²) in [5.74, 6) is 0. The predicted molar refractivity (Wildman–Crippen MR) is 200 cm³/mol. The minimum absolute atomic E-state index is 0.541. The summed E-state index contributed by atoms with van der Waals surface area (Å²) in [6.45, 7) is 0. The smallest absolute Gasteiger partial charge is 0.0992 e. The molecule has 5 heteroatoms. The van der Waals surface area contributed by atoms with E-state index in [-0.39, 0.29) is 0 Å². The molecule has 0 unspecified atom stereocenters. The van der Waals surface area contributed by atoms with Crippen molar-refractivity contribution in [3.8, 4) is 51.8 Å². The average Bonchev–Trinajstić information content (AvgIpc) is 3.69. The summed E-state index contributed by atoms with van der Waals surface area (Å²) in [4.78, 5) is 0. The van der Waals surface area contributed by atoms with E-state index in [2.05, 4.69) is 124 Å². The second-order valence-electron chi connectivity index (χ2n) is 12.4. The Labute approximate surface area is 287 Å². The number of hydrogen-bond acceptors (Lipinski definition) is 3. The number of benzene rings is 7. The Balaban J connectivity index is 1.18. The topological polar surface area (TPSA) is 81.2 Å². The third kappa shape index (κ3) is 4.45. The molecule has 2 aromatic heterocycles. The van der Waals surface area contributed by atoms with E-state index in [4.69, 9.17) is 0 Å². The van der Waals surface area contributed by atoms with Crippen molar-refractivity contribution in [1.29, 1.82) is 15.8 Å². The third-order valence-electron chi connectivity index (χ3n) is 9.60. The quantitative estimate of drug-likeness (QED) is 0.193. The van der Waals surface area contributed by atoms with Gasteiger partial charge in [0.2, 0.25) is 0 Å². The van der Waals surface area contributed by atoms with Crippen LogP contribution < -0.4 is 0 Å². The number of para-hydroxylation sites is 2. The molecule has 7 aromatic carbocycles. The molecule has 9 aromatic rings. The lowest BCUT2D eigenvalue weighted by molar-refractivity contribution is 1.18. The van der Waals surface area contributed by atoms with Crippen molar-refractivity contribution in [2.24, 2.45) is 0 Å². The largest absolute Gasteiger partial charge is 0.309 e. The van der Waals surface area contributed by atoms with Crippen molar-refractivity contribution in [3.05, 3.63) is 168 Å². The van der Waals surface area contributed by atoms with Gasteiger partial charge in [-0.05, 0) is 89.5 Å². The number of nitriles is 3. The van der Waals surface area contributed by atoms with Gasteiger partial charge in [0, 0.05) is 32.8 Å².